The van der Waals surface area contributed by atoms with Crippen LogP contribution in [0, 0.1) is 13.1 Å². The average Bonchev–Trinajstić information content (AvgIpc) is 1.35. The molecule has 0 radical (unpaired) electrons. The van der Waals surface area contributed by atoms with E-state index in [0.29, 0.717) is 33.8 Å². The third-order valence-electron chi connectivity index (χ3n) is 20.9. The second-order valence-corrected chi connectivity index (χ2v) is 28.5. The van der Waals surface area contributed by atoms with Crippen LogP contribution < -0.4 is 5.46 Å². The van der Waals surface area contributed by atoms with E-state index in [9.17, 15) is 0 Å². The van der Waals surface area contributed by atoms with Crippen LogP contribution in [-0.4, -0.2) is 28.3 Å². The molecule has 0 unspecified atom stereocenters. The van der Waals surface area contributed by atoms with E-state index in [4.69, 9.17) is 52.9 Å². The molecule has 19 rings (SSSR count). The van der Waals surface area contributed by atoms with Crippen LogP contribution in [0.1, 0.15) is 27.7 Å². The van der Waals surface area contributed by atoms with Crippen LogP contribution in [0.4, 0.5) is 11.4 Å². The van der Waals surface area contributed by atoms with Gasteiger partial charge in [0.1, 0.15) is 11.0 Å². The molecule has 0 N–H and O–H groups in total. The Labute approximate surface area is 632 Å². The highest BCUT2D eigenvalue weighted by atomic mass is 35.5. The maximum absolute atomic E-state index is 7.27. The molecule has 0 amide bonds. The molecule has 1 saturated heterocycles. The van der Waals surface area contributed by atoms with E-state index in [1.165, 1.54) is 48.8 Å². The van der Waals surface area contributed by atoms with Gasteiger partial charge in [-0.3, -0.25) is 0 Å². The second-order valence-electron chi connectivity index (χ2n) is 28.1. The Hall–Kier alpha value is -13.2. The lowest BCUT2D eigenvalue weighted by Gasteiger charge is -2.32. The molecule has 18 aromatic rings. The third kappa shape index (κ3) is 13.4. The Balaban J connectivity index is 0.000000127. The van der Waals surface area contributed by atoms with Gasteiger partial charge in [0.15, 0.2) is 22.5 Å². The van der Waals surface area contributed by atoms with Crippen molar-refractivity contribution in [1.82, 2.24) is 9.97 Å². The van der Waals surface area contributed by atoms with Gasteiger partial charge in [-0.05, 0) is 198 Å². The molecule has 0 spiro atoms. The molecule has 1 aliphatic heterocycles. The zero-order valence-corrected chi connectivity index (χ0v) is 60.5. The molecule has 0 aliphatic carbocycles. The van der Waals surface area contributed by atoms with Crippen LogP contribution in [0.3, 0.4) is 0 Å². The molecule has 10 heteroatoms. The number of fused-ring (bicyclic) bond motifs is 8. The van der Waals surface area contributed by atoms with Gasteiger partial charge in [-0.1, -0.05) is 291 Å². The first-order chi connectivity index (χ1) is 52.8. The van der Waals surface area contributed by atoms with Gasteiger partial charge < -0.3 is 18.1 Å². The van der Waals surface area contributed by atoms with Gasteiger partial charge in [0.05, 0.1) is 24.3 Å². The smallest absolute Gasteiger partial charge is 0.436 e. The Morgan fingerprint density at radius 3 is 1.02 bits per heavy atom. The van der Waals surface area contributed by atoms with E-state index in [1.807, 2.05) is 97.1 Å². The number of nitrogens with zero attached hydrogens (tertiary/aromatic N) is 4. The van der Waals surface area contributed by atoms with Crippen molar-refractivity contribution in [3.05, 3.63) is 368 Å². The molecule has 514 valence electrons. The first-order valence-corrected chi connectivity index (χ1v) is 36.4. The second kappa shape index (κ2) is 28.7. The number of hydrogen-bond donors (Lipinski definition) is 0. The standard InChI is InChI=1S/C46H28N2O.C33H20ClNO.C19H20BNO2/c1-47-38-25-23-33(24-26-38)32-15-17-34(18-16-32)37-28-43(42-27-36-11-5-6-12-39(36)40-13-7-8-14-41(40)42)45-44(29-37)49-46(48-45)35-21-19-31(20-22-35)30-9-3-2-4-10-30;34-25-19-30(29-18-24-10-4-5-11-26(24)27-12-6-7-13-28(27)29)32-31(20-25)36-33(35-32)23-16-14-22(15-17-23)21-8-2-1-3-9-21;1-18(2)19(3,4)23-20(22-18)16-10-6-14(7-11-16)15-8-12-17(21-5)13-9-15/h2-29H;1-20H;6-13H,1-4H3. The number of halogens is 1. The minimum atomic E-state index is -0.335. The quantitative estimate of drug-likeness (QED) is 0.0771. The Morgan fingerprint density at radius 1 is 0.296 bits per heavy atom. The summed E-state index contributed by atoms with van der Waals surface area (Å²) in [6, 6.07) is 116. The van der Waals surface area contributed by atoms with Crippen LogP contribution in [0.5, 0.6) is 0 Å². The van der Waals surface area contributed by atoms with Gasteiger partial charge in [0, 0.05) is 33.3 Å². The molecular formula is C98H68BClN4O4. The van der Waals surface area contributed by atoms with Crippen molar-refractivity contribution < 1.29 is 18.1 Å². The van der Waals surface area contributed by atoms with E-state index >= 15 is 0 Å². The van der Waals surface area contributed by atoms with Crippen molar-refractivity contribution >= 4 is 101 Å². The topological polar surface area (TPSA) is 79.2 Å². The molecule has 0 atom stereocenters. The fourth-order valence-electron chi connectivity index (χ4n) is 14.4. The van der Waals surface area contributed by atoms with Crippen LogP contribution in [0.25, 0.3) is 176 Å². The Bertz CT molecular complexity index is 6470. The summed E-state index contributed by atoms with van der Waals surface area (Å²) in [7, 11) is -0.335. The lowest BCUT2D eigenvalue weighted by molar-refractivity contribution is 0.00578. The van der Waals surface area contributed by atoms with Crippen molar-refractivity contribution in [2.75, 3.05) is 0 Å². The molecule has 0 saturated carbocycles. The molecule has 0 bridgehead atoms. The zero-order valence-electron chi connectivity index (χ0n) is 59.7. The molecule has 8 nitrogen and oxygen atoms in total. The predicted octanol–water partition coefficient (Wildman–Crippen LogP) is 27.0. The van der Waals surface area contributed by atoms with E-state index in [2.05, 4.69) is 280 Å². The summed E-state index contributed by atoms with van der Waals surface area (Å²) in [4.78, 5) is 17.1. The van der Waals surface area contributed by atoms with Gasteiger partial charge >= 0.3 is 7.12 Å². The van der Waals surface area contributed by atoms with E-state index in [-0.39, 0.29) is 18.3 Å². The average molecular weight is 1410 g/mol. The Kier molecular flexibility index (Phi) is 18.0. The van der Waals surface area contributed by atoms with Crippen LogP contribution in [0.2, 0.25) is 5.02 Å². The first-order valence-electron chi connectivity index (χ1n) is 36.0. The van der Waals surface area contributed by atoms with Crippen molar-refractivity contribution in [1.29, 1.82) is 0 Å². The minimum absolute atomic E-state index is 0.327. The van der Waals surface area contributed by atoms with Crippen molar-refractivity contribution in [2.45, 2.75) is 38.9 Å². The summed E-state index contributed by atoms with van der Waals surface area (Å²) in [6.45, 7) is 22.5. The minimum Gasteiger partial charge on any atom is -0.436 e. The molecule has 1 fully saturated rings. The van der Waals surface area contributed by atoms with Crippen LogP contribution >= 0.6 is 11.6 Å². The summed E-state index contributed by atoms with van der Waals surface area (Å²) < 4.78 is 25.0. The molecule has 16 aromatic carbocycles. The van der Waals surface area contributed by atoms with Gasteiger partial charge in [-0.25, -0.2) is 19.7 Å². The molecule has 1 aliphatic rings. The number of aromatic nitrogens is 2. The number of rotatable bonds is 10. The fraction of sp³-hybridized carbons (Fsp3) is 0.0612. The predicted molar refractivity (Wildman–Crippen MR) is 447 cm³/mol. The SMILES string of the molecule is Clc1cc(-c2cc3ccccc3c3ccccc23)c2nc(-c3ccc(-c4ccccc4)cc3)oc2c1.[C-]#[N+]c1ccc(-c2ccc(-c3cc(-c4cc5ccccc5c5ccccc45)c4nc(-c5ccc(-c6ccccc6)cc5)oc4c3)cc2)cc1.[C-]#[N+]c1ccc(-c2ccc(B3OC(C)(C)C(C)(C)O3)cc2)cc1. The van der Waals surface area contributed by atoms with E-state index < -0.39 is 0 Å². The van der Waals surface area contributed by atoms with Crippen LogP contribution in [-0.2, 0) is 9.31 Å². The summed E-state index contributed by atoms with van der Waals surface area (Å²) in [6.07, 6.45) is 0. The van der Waals surface area contributed by atoms with Crippen molar-refractivity contribution in [3.8, 4) is 101 Å². The molecule has 3 heterocycles. The number of hydrogen-bond acceptors (Lipinski definition) is 6. The lowest BCUT2D eigenvalue weighted by Crippen LogP contribution is -2.41. The summed E-state index contributed by atoms with van der Waals surface area (Å²) in [5, 5.41) is 10.2. The van der Waals surface area contributed by atoms with Crippen molar-refractivity contribution in [3.63, 3.8) is 0 Å². The van der Waals surface area contributed by atoms with Gasteiger partial charge in [-0.2, -0.15) is 0 Å². The summed E-state index contributed by atoms with van der Waals surface area (Å²) in [5.41, 5.74) is 22.0. The lowest BCUT2D eigenvalue weighted by atomic mass is 9.78. The largest absolute Gasteiger partial charge is 0.494 e. The van der Waals surface area contributed by atoms with E-state index in [0.717, 1.165) is 105 Å². The van der Waals surface area contributed by atoms with E-state index in [1.54, 1.807) is 0 Å². The monoisotopic (exact) mass is 1410 g/mol. The Morgan fingerprint density at radius 2 is 0.611 bits per heavy atom. The molecular weight excluding hydrogens is 1340 g/mol. The van der Waals surface area contributed by atoms with Gasteiger partial charge in [0.2, 0.25) is 11.8 Å². The van der Waals surface area contributed by atoms with Gasteiger partial charge in [-0.15, -0.1) is 0 Å². The maximum Gasteiger partial charge on any atom is 0.494 e. The number of oxazole rings is 2. The summed E-state index contributed by atoms with van der Waals surface area (Å²) in [5.74, 6) is 1.18. The summed E-state index contributed by atoms with van der Waals surface area (Å²) >= 11 is 6.60. The molecule has 2 aromatic heterocycles. The maximum atomic E-state index is 7.27. The van der Waals surface area contributed by atoms with Crippen molar-refractivity contribution in [2.24, 2.45) is 0 Å². The highest BCUT2D eigenvalue weighted by Gasteiger charge is 2.51. The molecule has 108 heavy (non-hydrogen) atoms. The fourth-order valence-corrected chi connectivity index (χ4v) is 14.6. The first kappa shape index (κ1) is 67.9. The third-order valence-corrected chi connectivity index (χ3v) is 21.1. The zero-order chi connectivity index (χ0) is 73.5. The normalized spacial score (nSPS) is 12.9. The highest BCUT2D eigenvalue weighted by molar-refractivity contribution is 6.62. The van der Waals surface area contributed by atoms with Crippen LogP contribution in [0.15, 0.2) is 349 Å². The number of benzene rings is 16. The highest BCUT2D eigenvalue weighted by Crippen LogP contribution is 2.45. The van der Waals surface area contributed by atoms with Gasteiger partial charge in [0.25, 0.3) is 0 Å².